The Kier molecular flexibility index (Phi) is 2.00. The summed E-state index contributed by atoms with van der Waals surface area (Å²) in [7, 11) is 0. The number of cyclic esters (lactones) is 1. The standard InChI is InChI=1S/C10H9ClO2/c11-10(6-7-13-9(10)12)8-4-2-1-3-5-8/h1-5H,6-7H2. The lowest BCUT2D eigenvalue weighted by molar-refractivity contribution is -0.140. The number of ether oxygens (including phenoxy) is 1. The summed E-state index contributed by atoms with van der Waals surface area (Å²) in [6.07, 6.45) is 0.553. The van der Waals surface area contributed by atoms with Gasteiger partial charge in [-0.25, -0.2) is 4.79 Å². The van der Waals surface area contributed by atoms with Gasteiger partial charge < -0.3 is 4.74 Å². The second kappa shape index (κ2) is 3.04. The van der Waals surface area contributed by atoms with Gasteiger partial charge in [0, 0.05) is 6.42 Å². The van der Waals surface area contributed by atoms with Gasteiger partial charge in [0.2, 0.25) is 0 Å². The second-order valence-corrected chi connectivity index (χ2v) is 3.70. The Morgan fingerprint density at radius 1 is 1.31 bits per heavy atom. The fourth-order valence-corrected chi connectivity index (χ4v) is 1.72. The first-order valence-electron chi connectivity index (χ1n) is 4.15. The van der Waals surface area contributed by atoms with Crippen molar-refractivity contribution >= 4 is 17.6 Å². The van der Waals surface area contributed by atoms with Crippen LogP contribution >= 0.6 is 11.6 Å². The van der Waals surface area contributed by atoms with Gasteiger partial charge in [-0.05, 0) is 5.56 Å². The summed E-state index contributed by atoms with van der Waals surface area (Å²) in [6.45, 7) is 0.414. The van der Waals surface area contributed by atoms with Crippen LogP contribution in [-0.2, 0) is 14.4 Å². The highest BCUT2D eigenvalue weighted by molar-refractivity contribution is 6.34. The Morgan fingerprint density at radius 3 is 2.54 bits per heavy atom. The molecule has 1 unspecified atom stereocenters. The number of rotatable bonds is 1. The van der Waals surface area contributed by atoms with Gasteiger partial charge in [0.05, 0.1) is 6.61 Å². The molecule has 0 aliphatic carbocycles. The molecule has 1 heterocycles. The summed E-state index contributed by atoms with van der Waals surface area (Å²) in [5.41, 5.74) is 0.819. The van der Waals surface area contributed by atoms with Crippen molar-refractivity contribution in [2.45, 2.75) is 11.3 Å². The molecule has 3 heteroatoms. The second-order valence-electron chi connectivity index (χ2n) is 3.05. The van der Waals surface area contributed by atoms with Crippen LogP contribution in [0.25, 0.3) is 0 Å². The molecule has 0 bridgehead atoms. The number of hydrogen-bond donors (Lipinski definition) is 0. The largest absolute Gasteiger partial charge is 0.464 e. The average molecular weight is 197 g/mol. The van der Waals surface area contributed by atoms with E-state index in [1.54, 1.807) is 0 Å². The Hall–Kier alpha value is -1.02. The molecule has 1 fully saturated rings. The normalized spacial score (nSPS) is 27.3. The van der Waals surface area contributed by atoms with Gasteiger partial charge in [0.1, 0.15) is 0 Å². The number of carbonyl (C=O) groups is 1. The third-order valence-electron chi connectivity index (χ3n) is 2.23. The third kappa shape index (κ3) is 1.31. The van der Waals surface area contributed by atoms with E-state index in [0.717, 1.165) is 5.56 Å². The van der Waals surface area contributed by atoms with Crippen molar-refractivity contribution < 1.29 is 9.53 Å². The fraction of sp³-hybridized carbons (Fsp3) is 0.300. The summed E-state index contributed by atoms with van der Waals surface area (Å²) < 4.78 is 4.85. The highest BCUT2D eigenvalue weighted by atomic mass is 35.5. The minimum Gasteiger partial charge on any atom is -0.464 e. The molecule has 0 saturated carbocycles. The van der Waals surface area contributed by atoms with E-state index in [1.807, 2.05) is 30.3 Å². The zero-order valence-electron chi connectivity index (χ0n) is 7.00. The lowest BCUT2D eigenvalue weighted by Crippen LogP contribution is -2.24. The van der Waals surface area contributed by atoms with Crippen molar-refractivity contribution in [1.29, 1.82) is 0 Å². The van der Waals surface area contributed by atoms with Crippen LogP contribution in [0.5, 0.6) is 0 Å². The molecule has 13 heavy (non-hydrogen) atoms. The maximum Gasteiger partial charge on any atom is 0.331 e. The molecule has 0 radical (unpaired) electrons. The minimum absolute atomic E-state index is 0.333. The van der Waals surface area contributed by atoms with Crippen LogP contribution in [-0.4, -0.2) is 12.6 Å². The smallest absolute Gasteiger partial charge is 0.331 e. The lowest BCUT2D eigenvalue weighted by atomic mass is 9.97. The van der Waals surface area contributed by atoms with Crippen LogP contribution in [0.15, 0.2) is 30.3 Å². The van der Waals surface area contributed by atoms with Crippen LogP contribution in [0.3, 0.4) is 0 Å². The van der Waals surface area contributed by atoms with Gasteiger partial charge in [0.25, 0.3) is 0 Å². The van der Waals surface area contributed by atoms with Crippen molar-refractivity contribution in [3.8, 4) is 0 Å². The van der Waals surface area contributed by atoms with E-state index in [0.29, 0.717) is 13.0 Å². The van der Waals surface area contributed by atoms with Crippen LogP contribution in [0.2, 0.25) is 0 Å². The number of hydrogen-bond acceptors (Lipinski definition) is 2. The molecule has 1 aromatic carbocycles. The molecule has 1 aliphatic heterocycles. The lowest BCUT2D eigenvalue weighted by Gasteiger charge is -2.15. The SMILES string of the molecule is O=C1OCCC1(Cl)c1ccccc1. The van der Waals surface area contributed by atoms with Gasteiger partial charge in [-0.1, -0.05) is 30.3 Å². The molecule has 1 aromatic rings. The number of halogens is 1. The molecular formula is C10H9ClO2. The van der Waals surface area contributed by atoms with E-state index >= 15 is 0 Å². The molecule has 2 rings (SSSR count). The number of alkyl halides is 1. The van der Waals surface area contributed by atoms with Crippen molar-refractivity contribution in [2.75, 3.05) is 6.61 Å². The highest BCUT2D eigenvalue weighted by Crippen LogP contribution is 2.38. The summed E-state index contributed by atoms with van der Waals surface area (Å²) in [4.78, 5) is 10.4. The summed E-state index contributed by atoms with van der Waals surface area (Å²) in [6, 6.07) is 9.32. The van der Waals surface area contributed by atoms with Crippen LogP contribution in [0.1, 0.15) is 12.0 Å². The zero-order chi connectivity index (χ0) is 9.31. The monoisotopic (exact) mass is 196 g/mol. The molecule has 0 spiro atoms. The van der Waals surface area contributed by atoms with E-state index in [9.17, 15) is 4.79 Å². The van der Waals surface area contributed by atoms with Crippen LogP contribution < -0.4 is 0 Å². The minimum atomic E-state index is -0.943. The number of esters is 1. The van der Waals surface area contributed by atoms with Gasteiger partial charge in [-0.3, -0.25) is 0 Å². The summed E-state index contributed by atoms with van der Waals surface area (Å²) >= 11 is 6.17. The van der Waals surface area contributed by atoms with E-state index in [4.69, 9.17) is 16.3 Å². The number of carbonyl (C=O) groups excluding carboxylic acids is 1. The van der Waals surface area contributed by atoms with Gasteiger partial charge in [0.15, 0.2) is 4.87 Å². The first-order chi connectivity index (χ1) is 6.23. The Morgan fingerprint density at radius 2 is 2.00 bits per heavy atom. The quantitative estimate of drug-likeness (QED) is 0.508. The van der Waals surface area contributed by atoms with Gasteiger partial charge in [-0.15, -0.1) is 11.6 Å². The first-order valence-corrected chi connectivity index (χ1v) is 4.53. The molecule has 0 N–H and O–H groups in total. The van der Waals surface area contributed by atoms with E-state index in [1.165, 1.54) is 0 Å². The van der Waals surface area contributed by atoms with Crippen molar-refractivity contribution in [3.05, 3.63) is 35.9 Å². The van der Waals surface area contributed by atoms with E-state index in [-0.39, 0.29) is 5.97 Å². The molecule has 2 nitrogen and oxygen atoms in total. The maximum absolute atomic E-state index is 11.3. The topological polar surface area (TPSA) is 26.3 Å². The van der Waals surface area contributed by atoms with E-state index < -0.39 is 4.87 Å². The first kappa shape index (κ1) is 8.57. The van der Waals surface area contributed by atoms with Gasteiger partial charge in [-0.2, -0.15) is 0 Å². The average Bonchev–Trinajstić information content (AvgIpc) is 2.50. The number of benzene rings is 1. The Labute approximate surface area is 81.5 Å². The predicted octanol–water partition coefficient (Wildman–Crippen LogP) is 2.07. The zero-order valence-corrected chi connectivity index (χ0v) is 7.75. The van der Waals surface area contributed by atoms with Crippen molar-refractivity contribution in [3.63, 3.8) is 0 Å². The summed E-state index contributed by atoms with van der Waals surface area (Å²) in [5.74, 6) is -0.333. The van der Waals surface area contributed by atoms with Gasteiger partial charge >= 0.3 is 5.97 Å². The van der Waals surface area contributed by atoms with Crippen molar-refractivity contribution in [2.24, 2.45) is 0 Å². The van der Waals surface area contributed by atoms with Crippen LogP contribution in [0.4, 0.5) is 0 Å². The fourth-order valence-electron chi connectivity index (χ4n) is 1.47. The molecule has 0 aromatic heterocycles. The molecular weight excluding hydrogens is 188 g/mol. The van der Waals surface area contributed by atoms with E-state index in [2.05, 4.69) is 0 Å². The highest BCUT2D eigenvalue weighted by Gasteiger charge is 2.44. The molecule has 1 aliphatic rings. The molecule has 0 amide bonds. The third-order valence-corrected chi connectivity index (χ3v) is 2.80. The molecule has 1 saturated heterocycles. The summed E-state index contributed by atoms with van der Waals surface area (Å²) in [5, 5.41) is 0. The maximum atomic E-state index is 11.3. The Bertz CT molecular complexity index is 323. The van der Waals surface area contributed by atoms with Crippen LogP contribution in [0, 0.1) is 0 Å². The van der Waals surface area contributed by atoms with Crippen molar-refractivity contribution in [1.82, 2.24) is 0 Å². The molecule has 68 valence electrons. The Balaban J connectivity index is 2.40. The predicted molar refractivity (Wildman–Crippen MR) is 49.5 cm³/mol. The molecule has 1 atom stereocenters.